The number of nitrogens with zero attached hydrogens (tertiary/aromatic N) is 5. The zero-order valence-corrected chi connectivity index (χ0v) is 18.3. The largest absolute Gasteiger partial charge is 0.432 e. The van der Waals surface area contributed by atoms with Gasteiger partial charge in [0.2, 0.25) is 5.89 Å². The van der Waals surface area contributed by atoms with Crippen molar-refractivity contribution in [1.82, 2.24) is 30.0 Å². The molecule has 3 aromatic heterocycles. The topological polar surface area (TPSA) is 83.7 Å². The lowest BCUT2D eigenvalue weighted by Gasteiger charge is -2.15. The Kier molecular flexibility index (Phi) is 5.29. The SMILES string of the molecule is Cc1cc(-c2nc(-c3cc(CN4CCCC4)ccc3Cl)c(-c3ncn[nH]3)o2)c(C)cn1. The van der Waals surface area contributed by atoms with Gasteiger partial charge in [-0.05, 0) is 69.1 Å². The van der Waals surface area contributed by atoms with Crippen LogP contribution in [0.5, 0.6) is 0 Å². The van der Waals surface area contributed by atoms with Crippen LogP contribution in [0.3, 0.4) is 0 Å². The van der Waals surface area contributed by atoms with Gasteiger partial charge in [0.25, 0.3) is 0 Å². The number of aromatic amines is 1. The standard InChI is InChI=1S/C23H23ClN6O/c1-14-11-25-15(2)9-17(14)23-28-20(21(31-23)22-26-13-27-29-22)18-10-16(5-6-19(18)24)12-30-7-3-4-8-30/h5-6,9-11,13H,3-4,7-8,12H2,1-2H3,(H,26,27,29). The van der Waals surface area contributed by atoms with Crippen LogP contribution in [-0.4, -0.2) is 43.1 Å². The Hall–Kier alpha value is -3.03. The molecule has 0 aliphatic carbocycles. The van der Waals surface area contributed by atoms with E-state index in [1.807, 2.05) is 32.2 Å². The first kappa shape index (κ1) is 19.9. The molecular weight excluding hydrogens is 412 g/mol. The minimum absolute atomic E-state index is 0.505. The van der Waals surface area contributed by atoms with Gasteiger partial charge in [0.1, 0.15) is 12.0 Å². The van der Waals surface area contributed by atoms with Crippen molar-refractivity contribution in [2.24, 2.45) is 0 Å². The Bertz CT molecular complexity index is 1210. The number of nitrogens with one attached hydrogen (secondary N) is 1. The van der Waals surface area contributed by atoms with Crippen LogP contribution in [0.4, 0.5) is 0 Å². The summed E-state index contributed by atoms with van der Waals surface area (Å²) in [4.78, 5) is 16.0. The minimum Gasteiger partial charge on any atom is -0.432 e. The first-order chi connectivity index (χ1) is 15.1. The van der Waals surface area contributed by atoms with Gasteiger partial charge in [-0.25, -0.2) is 9.97 Å². The number of benzene rings is 1. The third kappa shape index (κ3) is 3.98. The van der Waals surface area contributed by atoms with E-state index in [2.05, 4.69) is 37.2 Å². The fourth-order valence-electron chi connectivity index (χ4n) is 4.00. The van der Waals surface area contributed by atoms with Crippen molar-refractivity contribution in [2.75, 3.05) is 13.1 Å². The highest BCUT2D eigenvalue weighted by atomic mass is 35.5. The summed E-state index contributed by atoms with van der Waals surface area (Å²) in [5.74, 6) is 1.53. The summed E-state index contributed by atoms with van der Waals surface area (Å²) in [6.07, 6.45) is 5.79. The summed E-state index contributed by atoms with van der Waals surface area (Å²) in [6, 6.07) is 8.09. The molecule has 1 fully saturated rings. The molecule has 0 bridgehead atoms. The number of pyridine rings is 1. The fourth-order valence-corrected chi connectivity index (χ4v) is 4.21. The minimum atomic E-state index is 0.505. The maximum Gasteiger partial charge on any atom is 0.227 e. The summed E-state index contributed by atoms with van der Waals surface area (Å²) in [5, 5.41) is 7.49. The molecule has 0 unspecified atom stereocenters. The summed E-state index contributed by atoms with van der Waals surface area (Å²) in [5.41, 5.74) is 5.44. The van der Waals surface area contributed by atoms with Crippen LogP contribution in [0.25, 0.3) is 34.3 Å². The molecular formula is C23H23ClN6O. The van der Waals surface area contributed by atoms with Crippen LogP contribution >= 0.6 is 11.6 Å². The number of hydrogen-bond acceptors (Lipinski definition) is 6. The number of H-pyrrole nitrogens is 1. The maximum absolute atomic E-state index is 6.64. The van der Waals surface area contributed by atoms with E-state index in [0.29, 0.717) is 28.2 Å². The Morgan fingerprint density at radius 1 is 1.10 bits per heavy atom. The number of aryl methyl sites for hydroxylation is 2. The summed E-state index contributed by atoms with van der Waals surface area (Å²) < 4.78 is 6.22. The van der Waals surface area contributed by atoms with Gasteiger partial charge in [0.15, 0.2) is 11.6 Å². The van der Waals surface area contributed by atoms with Gasteiger partial charge in [-0.3, -0.25) is 15.0 Å². The molecule has 0 amide bonds. The van der Waals surface area contributed by atoms with Crippen molar-refractivity contribution in [2.45, 2.75) is 33.2 Å². The summed E-state index contributed by atoms with van der Waals surface area (Å²) in [6.45, 7) is 7.10. The number of hydrogen-bond donors (Lipinski definition) is 1. The molecule has 7 nitrogen and oxygen atoms in total. The second-order valence-corrected chi connectivity index (χ2v) is 8.38. The fraction of sp³-hybridized carbons (Fsp3) is 0.304. The first-order valence-corrected chi connectivity index (χ1v) is 10.8. The molecule has 1 aliphatic rings. The van der Waals surface area contributed by atoms with E-state index in [1.54, 1.807) is 0 Å². The quantitative estimate of drug-likeness (QED) is 0.473. The van der Waals surface area contributed by atoms with Crippen molar-refractivity contribution in [1.29, 1.82) is 0 Å². The van der Waals surface area contributed by atoms with Crippen LogP contribution < -0.4 is 0 Å². The van der Waals surface area contributed by atoms with E-state index in [0.717, 1.165) is 42.0 Å². The lowest BCUT2D eigenvalue weighted by atomic mass is 10.1. The smallest absolute Gasteiger partial charge is 0.227 e. The van der Waals surface area contributed by atoms with Crippen LogP contribution in [0.2, 0.25) is 5.02 Å². The molecule has 1 aromatic carbocycles. The number of oxazole rings is 1. The molecule has 0 spiro atoms. The van der Waals surface area contributed by atoms with E-state index < -0.39 is 0 Å². The lowest BCUT2D eigenvalue weighted by Crippen LogP contribution is -2.18. The van der Waals surface area contributed by atoms with Gasteiger partial charge in [-0.15, -0.1) is 0 Å². The third-order valence-electron chi connectivity index (χ3n) is 5.62. The van der Waals surface area contributed by atoms with E-state index >= 15 is 0 Å². The van der Waals surface area contributed by atoms with Crippen molar-refractivity contribution in [3.8, 4) is 34.3 Å². The second-order valence-electron chi connectivity index (χ2n) is 7.97. The Labute approximate surface area is 185 Å². The third-order valence-corrected chi connectivity index (χ3v) is 5.95. The van der Waals surface area contributed by atoms with E-state index in [1.165, 1.54) is 24.7 Å². The number of rotatable bonds is 5. The Morgan fingerprint density at radius 2 is 1.94 bits per heavy atom. The molecule has 31 heavy (non-hydrogen) atoms. The average Bonchev–Trinajstić information content (AvgIpc) is 3.52. The first-order valence-electron chi connectivity index (χ1n) is 10.4. The summed E-state index contributed by atoms with van der Waals surface area (Å²) in [7, 11) is 0. The van der Waals surface area contributed by atoms with E-state index in [-0.39, 0.29) is 0 Å². The van der Waals surface area contributed by atoms with E-state index in [4.69, 9.17) is 21.0 Å². The van der Waals surface area contributed by atoms with Crippen LogP contribution in [0, 0.1) is 13.8 Å². The molecule has 8 heteroatoms. The molecule has 0 radical (unpaired) electrons. The molecule has 0 atom stereocenters. The van der Waals surface area contributed by atoms with Gasteiger partial charge in [-0.2, -0.15) is 5.10 Å². The van der Waals surface area contributed by atoms with Crippen LogP contribution in [0.15, 0.2) is 41.2 Å². The lowest BCUT2D eigenvalue weighted by molar-refractivity contribution is 0.331. The zero-order chi connectivity index (χ0) is 21.4. The van der Waals surface area contributed by atoms with Gasteiger partial charge < -0.3 is 4.42 Å². The highest BCUT2D eigenvalue weighted by Crippen LogP contribution is 2.38. The molecule has 4 aromatic rings. The highest BCUT2D eigenvalue weighted by Gasteiger charge is 2.23. The average molecular weight is 435 g/mol. The second kappa shape index (κ2) is 8.24. The Balaban J connectivity index is 1.63. The van der Waals surface area contributed by atoms with Crippen LogP contribution in [-0.2, 0) is 6.54 Å². The van der Waals surface area contributed by atoms with Gasteiger partial charge in [-0.1, -0.05) is 17.7 Å². The molecule has 4 heterocycles. The zero-order valence-electron chi connectivity index (χ0n) is 17.5. The number of aromatic nitrogens is 5. The van der Waals surface area contributed by atoms with Gasteiger partial charge >= 0.3 is 0 Å². The van der Waals surface area contributed by atoms with Gasteiger partial charge in [0.05, 0.1) is 5.02 Å². The molecule has 5 rings (SSSR count). The van der Waals surface area contributed by atoms with Crippen molar-refractivity contribution in [3.05, 3.63) is 58.6 Å². The monoisotopic (exact) mass is 434 g/mol. The van der Waals surface area contributed by atoms with Crippen molar-refractivity contribution in [3.63, 3.8) is 0 Å². The maximum atomic E-state index is 6.64. The van der Waals surface area contributed by atoms with Crippen LogP contribution in [0.1, 0.15) is 29.7 Å². The van der Waals surface area contributed by atoms with Crippen molar-refractivity contribution < 1.29 is 4.42 Å². The molecule has 1 N–H and O–H groups in total. The number of halogens is 1. The Morgan fingerprint density at radius 3 is 2.71 bits per heavy atom. The normalized spacial score (nSPS) is 14.4. The number of likely N-dealkylation sites (tertiary alicyclic amines) is 1. The van der Waals surface area contributed by atoms with Crippen molar-refractivity contribution >= 4 is 11.6 Å². The van der Waals surface area contributed by atoms with E-state index in [9.17, 15) is 0 Å². The predicted octanol–water partition coefficient (Wildman–Crippen LogP) is 5.05. The summed E-state index contributed by atoms with van der Waals surface area (Å²) >= 11 is 6.64. The molecule has 0 saturated carbocycles. The molecule has 1 saturated heterocycles. The molecule has 1 aliphatic heterocycles. The molecule has 158 valence electrons. The predicted molar refractivity (Wildman–Crippen MR) is 120 cm³/mol. The highest BCUT2D eigenvalue weighted by molar-refractivity contribution is 6.33. The van der Waals surface area contributed by atoms with Gasteiger partial charge in [0, 0.05) is 29.6 Å².